The van der Waals surface area contributed by atoms with Crippen molar-refractivity contribution in [2.45, 2.75) is 12.5 Å². The van der Waals surface area contributed by atoms with Crippen molar-refractivity contribution in [3.8, 4) is 0 Å². The Morgan fingerprint density at radius 3 is 2.83 bits per heavy atom. The Morgan fingerprint density at radius 1 is 1.21 bits per heavy atom. The first-order valence-electron chi connectivity index (χ1n) is 7.89. The Bertz CT molecular complexity index is 763. The number of nitrogens with zero attached hydrogens (tertiary/aromatic N) is 1. The zero-order valence-electron chi connectivity index (χ0n) is 13.5. The lowest BCUT2D eigenvalue weighted by Crippen LogP contribution is -2.40. The summed E-state index contributed by atoms with van der Waals surface area (Å²) >= 11 is 3.39. The summed E-state index contributed by atoms with van der Waals surface area (Å²) in [5.74, 6) is 0.715. The molecule has 126 valence electrons. The lowest BCUT2D eigenvalue weighted by atomic mass is 10.2. The van der Waals surface area contributed by atoms with Crippen LogP contribution in [0.25, 0.3) is 10.1 Å². The third-order valence-electron chi connectivity index (χ3n) is 3.70. The number of aliphatic hydroxyl groups excluding tert-OH is 1. The maximum Gasteiger partial charge on any atom is 0.191 e. The van der Waals surface area contributed by atoms with E-state index in [9.17, 15) is 5.11 Å². The lowest BCUT2D eigenvalue weighted by Gasteiger charge is -2.14. The van der Waals surface area contributed by atoms with Gasteiger partial charge in [-0.1, -0.05) is 24.3 Å². The summed E-state index contributed by atoms with van der Waals surface area (Å²) in [6.07, 6.45) is 0.426. The van der Waals surface area contributed by atoms with Crippen LogP contribution in [0, 0.1) is 0 Å². The second kappa shape index (κ2) is 8.28. The Balaban J connectivity index is 1.49. The van der Waals surface area contributed by atoms with Crippen LogP contribution in [0.3, 0.4) is 0 Å². The van der Waals surface area contributed by atoms with Crippen LogP contribution in [0.1, 0.15) is 15.9 Å². The van der Waals surface area contributed by atoms with Gasteiger partial charge in [0.25, 0.3) is 0 Å². The maximum absolute atomic E-state index is 10.4. The van der Waals surface area contributed by atoms with E-state index in [-0.39, 0.29) is 0 Å². The zero-order valence-corrected chi connectivity index (χ0v) is 15.2. The number of hydrogen-bond acceptors (Lipinski definition) is 4. The third-order valence-corrected chi connectivity index (χ3v) is 5.86. The molecule has 3 aromatic rings. The van der Waals surface area contributed by atoms with E-state index in [0.29, 0.717) is 12.5 Å². The molecule has 0 saturated carbocycles. The van der Waals surface area contributed by atoms with Crippen molar-refractivity contribution in [2.75, 3.05) is 20.1 Å². The first-order valence-corrected chi connectivity index (χ1v) is 9.59. The SMILES string of the molecule is CN=C(NCCc1cccs1)NCC(O)c1cc2ccccc2s1. The minimum Gasteiger partial charge on any atom is -0.386 e. The van der Waals surface area contributed by atoms with E-state index < -0.39 is 6.10 Å². The standard InChI is InChI=1S/C18H21N3OS2/c1-19-18(20-9-8-14-6-4-10-23-14)21-12-15(22)17-11-13-5-2-3-7-16(13)24-17/h2-7,10-11,15,22H,8-9,12H2,1H3,(H2,19,20,21). The van der Waals surface area contributed by atoms with E-state index in [1.165, 1.54) is 15.0 Å². The molecular formula is C18H21N3OS2. The van der Waals surface area contributed by atoms with Crippen molar-refractivity contribution in [3.63, 3.8) is 0 Å². The number of guanidine groups is 1. The van der Waals surface area contributed by atoms with Gasteiger partial charge >= 0.3 is 0 Å². The summed E-state index contributed by atoms with van der Waals surface area (Å²) in [4.78, 5) is 6.53. The third kappa shape index (κ3) is 4.35. The number of aliphatic hydroxyl groups is 1. The van der Waals surface area contributed by atoms with Crippen LogP contribution in [-0.2, 0) is 6.42 Å². The first kappa shape index (κ1) is 17.0. The molecular weight excluding hydrogens is 338 g/mol. The molecule has 4 nitrogen and oxygen atoms in total. The van der Waals surface area contributed by atoms with Crippen LogP contribution in [0.5, 0.6) is 0 Å². The largest absolute Gasteiger partial charge is 0.386 e. The van der Waals surface area contributed by atoms with Crippen molar-refractivity contribution in [3.05, 3.63) is 57.6 Å². The molecule has 0 radical (unpaired) electrons. The molecule has 2 heterocycles. The topological polar surface area (TPSA) is 56.7 Å². The fourth-order valence-corrected chi connectivity index (χ4v) is 4.20. The van der Waals surface area contributed by atoms with E-state index >= 15 is 0 Å². The Morgan fingerprint density at radius 2 is 2.08 bits per heavy atom. The van der Waals surface area contributed by atoms with Crippen LogP contribution in [0.15, 0.2) is 52.8 Å². The van der Waals surface area contributed by atoms with Crippen molar-refractivity contribution in [1.29, 1.82) is 0 Å². The fourth-order valence-electron chi connectivity index (χ4n) is 2.44. The van der Waals surface area contributed by atoms with E-state index in [4.69, 9.17) is 0 Å². The van der Waals surface area contributed by atoms with Crippen LogP contribution in [0.4, 0.5) is 0 Å². The molecule has 1 aromatic carbocycles. The second-order valence-electron chi connectivity index (χ2n) is 5.41. The van der Waals surface area contributed by atoms with Gasteiger partial charge in [0.05, 0.1) is 0 Å². The van der Waals surface area contributed by atoms with Gasteiger partial charge in [-0.05, 0) is 35.4 Å². The van der Waals surface area contributed by atoms with E-state index in [2.05, 4.69) is 51.3 Å². The minimum atomic E-state index is -0.543. The van der Waals surface area contributed by atoms with Gasteiger partial charge in [0.15, 0.2) is 5.96 Å². The number of fused-ring (bicyclic) bond motifs is 1. The van der Waals surface area contributed by atoms with Crippen LogP contribution in [0.2, 0.25) is 0 Å². The van der Waals surface area contributed by atoms with Gasteiger partial charge in [-0.3, -0.25) is 4.99 Å². The first-order chi connectivity index (χ1) is 11.8. The molecule has 3 N–H and O–H groups in total. The van der Waals surface area contributed by atoms with Crippen molar-refractivity contribution >= 4 is 38.7 Å². The Kier molecular flexibility index (Phi) is 5.85. The smallest absolute Gasteiger partial charge is 0.191 e. The molecule has 2 aromatic heterocycles. The summed E-state index contributed by atoms with van der Waals surface area (Å²) in [6.45, 7) is 1.25. The molecule has 0 aliphatic heterocycles. The Hall–Kier alpha value is -1.89. The molecule has 0 amide bonds. The van der Waals surface area contributed by atoms with Gasteiger partial charge in [0, 0.05) is 34.6 Å². The minimum absolute atomic E-state index is 0.436. The van der Waals surface area contributed by atoms with E-state index in [1.807, 2.05) is 12.1 Å². The summed E-state index contributed by atoms with van der Waals surface area (Å²) in [7, 11) is 1.74. The van der Waals surface area contributed by atoms with Gasteiger partial charge in [-0.15, -0.1) is 22.7 Å². The molecule has 0 aliphatic rings. The molecule has 3 rings (SSSR count). The molecule has 24 heavy (non-hydrogen) atoms. The van der Waals surface area contributed by atoms with Crippen LogP contribution in [-0.4, -0.2) is 31.2 Å². The predicted octanol–water partition coefficient (Wildman–Crippen LogP) is 3.40. The van der Waals surface area contributed by atoms with Crippen molar-refractivity contribution in [1.82, 2.24) is 10.6 Å². The molecule has 1 atom stereocenters. The Labute approximate surface area is 149 Å². The van der Waals surface area contributed by atoms with Gasteiger partial charge in [0.2, 0.25) is 0 Å². The summed E-state index contributed by atoms with van der Waals surface area (Å²) < 4.78 is 1.20. The monoisotopic (exact) mass is 359 g/mol. The molecule has 0 aliphatic carbocycles. The van der Waals surface area contributed by atoms with Gasteiger partial charge < -0.3 is 15.7 Å². The zero-order chi connectivity index (χ0) is 16.8. The molecule has 0 spiro atoms. The highest BCUT2D eigenvalue weighted by atomic mass is 32.1. The average Bonchev–Trinajstić information content (AvgIpc) is 3.26. The van der Waals surface area contributed by atoms with Gasteiger partial charge in [-0.25, -0.2) is 0 Å². The van der Waals surface area contributed by atoms with Crippen LogP contribution >= 0.6 is 22.7 Å². The number of aliphatic imine (C=N–C) groups is 1. The highest BCUT2D eigenvalue weighted by Crippen LogP contribution is 2.29. The average molecular weight is 360 g/mol. The number of nitrogens with one attached hydrogen (secondary N) is 2. The lowest BCUT2D eigenvalue weighted by molar-refractivity contribution is 0.184. The quantitative estimate of drug-likeness (QED) is 0.467. The molecule has 0 saturated heterocycles. The highest BCUT2D eigenvalue weighted by molar-refractivity contribution is 7.19. The predicted molar refractivity (Wildman–Crippen MR) is 104 cm³/mol. The van der Waals surface area contributed by atoms with Crippen molar-refractivity contribution in [2.24, 2.45) is 4.99 Å². The van der Waals surface area contributed by atoms with Gasteiger partial charge in [-0.2, -0.15) is 0 Å². The van der Waals surface area contributed by atoms with E-state index in [1.54, 1.807) is 29.7 Å². The van der Waals surface area contributed by atoms with Crippen LogP contribution < -0.4 is 10.6 Å². The fraction of sp³-hybridized carbons (Fsp3) is 0.278. The summed E-state index contributed by atoms with van der Waals surface area (Å²) in [5, 5.41) is 20.1. The number of rotatable bonds is 6. The number of benzene rings is 1. The van der Waals surface area contributed by atoms with E-state index in [0.717, 1.165) is 17.8 Å². The molecule has 6 heteroatoms. The molecule has 1 unspecified atom stereocenters. The van der Waals surface area contributed by atoms with Crippen molar-refractivity contribution < 1.29 is 5.11 Å². The maximum atomic E-state index is 10.4. The normalized spacial score (nSPS) is 13.2. The second-order valence-corrected chi connectivity index (χ2v) is 7.56. The van der Waals surface area contributed by atoms with Gasteiger partial charge in [0.1, 0.15) is 6.10 Å². The summed E-state index contributed by atoms with van der Waals surface area (Å²) in [6, 6.07) is 14.4. The summed E-state index contributed by atoms with van der Waals surface area (Å²) in [5.41, 5.74) is 0. The number of thiophene rings is 2. The number of hydrogen-bond donors (Lipinski definition) is 3. The molecule has 0 bridgehead atoms. The molecule has 0 fully saturated rings. The highest BCUT2D eigenvalue weighted by Gasteiger charge is 2.12.